The van der Waals surface area contributed by atoms with E-state index in [-0.39, 0.29) is 0 Å². The highest BCUT2D eigenvalue weighted by atomic mass is 32.1. The lowest BCUT2D eigenvalue weighted by atomic mass is 9.84. The van der Waals surface area contributed by atoms with E-state index < -0.39 is 0 Å². The second-order valence-corrected chi connectivity index (χ2v) is 20.5. The van der Waals surface area contributed by atoms with Crippen LogP contribution in [0.3, 0.4) is 0 Å². The molecule has 4 heteroatoms. The molecule has 0 aliphatic heterocycles. The summed E-state index contributed by atoms with van der Waals surface area (Å²) >= 11 is 3.57. The summed E-state index contributed by atoms with van der Waals surface area (Å²) in [6.07, 6.45) is 0. The lowest BCUT2D eigenvalue weighted by Gasteiger charge is -2.19. The first-order valence-electron chi connectivity index (χ1n) is 22.9. The fraction of sp³-hybridized carbons (Fsp3) is 0. The topological polar surface area (TPSA) is 47.6 Å². The number of thiophene rings is 2. The summed E-state index contributed by atoms with van der Waals surface area (Å²) < 4.78 is 4.71. The Bertz CT molecular complexity index is 4810. The second kappa shape index (κ2) is 13.0. The average molecular weight is 891 g/mol. The third-order valence-corrected chi connectivity index (χ3v) is 17.6. The van der Waals surface area contributed by atoms with E-state index in [0.717, 1.165) is 9.40 Å². The molecule has 0 saturated carbocycles. The lowest BCUT2D eigenvalue weighted by molar-refractivity contribution is 1.50. The Morgan fingerprint density at radius 2 is 0.721 bits per heavy atom. The molecule has 0 amide bonds. The molecule has 0 radical (unpaired) electrons. The molecule has 0 N–H and O–H groups in total. The van der Waals surface area contributed by atoms with Crippen LogP contribution >= 0.6 is 22.7 Å². The second-order valence-electron chi connectivity index (χ2n) is 18.4. The monoisotopic (exact) mass is 890 g/mol. The van der Waals surface area contributed by atoms with Gasteiger partial charge in [0.05, 0.1) is 23.3 Å². The molecule has 16 rings (SSSR count). The van der Waals surface area contributed by atoms with E-state index in [1.807, 2.05) is 24.3 Å². The highest BCUT2D eigenvalue weighted by Gasteiger charge is 2.30. The number of nitrogens with zero attached hydrogens (tertiary/aromatic N) is 2. The van der Waals surface area contributed by atoms with Crippen molar-refractivity contribution in [1.82, 2.24) is 0 Å². The molecule has 0 spiro atoms. The van der Waals surface area contributed by atoms with Crippen LogP contribution in [-0.2, 0) is 0 Å². The van der Waals surface area contributed by atoms with Gasteiger partial charge >= 0.3 is 0 Å². The third kappa shape index (κ3) is 4.63. The fourth-order valence-corrected chi connectivity index (χ4v) is 14.8. The molecule has 0 bridgehead atoms. The molecule has 0 saturated heterocycles. The van der Waals surface area contributed by atoms with Gasteiger partial charge in [0.15, 0.2) is 0 Å². The molecule has 2 heterocycles. The van der Waals surface area contributed by atoms with Crippen molar-refractivity contribution in [2.24, 2.45) is 0 Å². The quantitative estimate of drug-likeness (QED) is 0.162. The van der Waals surface area contributed by atoms with E-state index in [2.05, 4.69) is 170 Å². The van der Waals surface area contributed by atoms with Gasteiger partial charge < -0.3 is 0 Å². The van der Waals surface area contributed by atoms with Crippen LogP contribution in [0.15, 0.2) is 182 Å². The maximum atomic E-state index is 9.90. The number of rotatable bonds is 2. The molecule has 0 atom stereocenters. The minimum absolute atomic E-state index is 0.678. The van der Waals surface area contributed by atoms with E-state index in [0.29, 0.717) is 11.1 Å². The van der Waals surface area contributed by atoms with E-state index in [1.165, 1.54) is 152 Å². The Hall–Kier alpha value is -8.64. The summed E-state index contributed by atoms with van der Waals surface area (Å²) in [6, 6.07) is 72.2. The van der Waals surface area contributed by atoms with Gasteiger partial charge in [-0.15, -0.1) is 22.7 Å². The first-order chi connectivity index (χ1) is 33.6. The summed E-state index contributed by atoms with van der Waals surface area (Å²) in [5.74, 6) is 0. The van der Waals surface area contributed by atoms with Crippen molar-refractivity contribution in [2.75, 3.05) is 0 Å². The molecule has 308 valence electrons. The van der Waals surface area contributed by atoms with E-state index in [1.54, 1.807) is 22.7 Å². The molecule has 2 aromatic heterocycles. The number of benzene rings is 12. The van der Waals surface area contributed by atoms with E-state index in [9.17, 15) is 10.5 Å². The van der Waals surface area contributed by atoms with Crippen molar-refractivity contribution in [3.63, 3.8) is 0 Å². The molecule has 2 nitrogen and oxygen atoms in total. The minimum Gasteiger partial charge on any atom is -0.192 e. The van der Waals surface area contributed by atoms with Crippen molar-refractivity contribution in [3.8, 4) is 78.9 Å². The van der Waals surface area contributed by atoms with Gasteiger partial charge in [0.2, 0.25) is 0 Å². The maximum absolute atomic E-state index is 9.90. The molecule has 0 fully saturated rings. The van der Waals surface area contributed by atoms with Gasteiger partial charge in [-0.05, 0) is 158 Å². The predicted octanol–water partition coefficient (Wildman–Crippen LogP) is 18.6. The fourth-order valence-electron chi connectivity index (χ4n) is 12.3. The zero-order valence-electron chi connectivity index (χ0n) is 36.0. The maximum Gasteiger partial charge on any atom is 0.0992 e. The molecular weight excluding hydrogens is 861 g/mol. The first-order valence-corrected chi connectivity index (χ1v) is 24.6. The molecule has 68 heavy (non-hydrogen) atoms. The van der Waals surface area contributed by atoms with Crippen LogP contribution in [0.25, 0.3) is 161 Å². The Balaban J connectivity index is 1.08. The Labute approximate surface area is 397 Å². The lowest BCUT2D eigenvalue weighted by Crippen LogP contribution is -1.92. The highest BCUT2D eigenvalue weighted by Crippen LogP contribution is 2.57. The Morgan fingerprint density at radius 1 is 0.279 bits per heavy atom. The number of nitriles is 2. The van der Waals surface area contributed by atoms with Crippen LogP contribution in [0.4, 0.5) is 0 Å². The van der Waals surface area contributed by atoms with Gasteiger partial charge in [-0.25, -0.2) is 0 Å². The number of hydrogen-bond acceptors (Lipinski definition) is 4. The Morgan fingerprint density at radius 3 is 1.35 bits per heavy atom. The van der Waals surface area contributed by atoms with Gasteiger partial charge in [0.25, 0.3) is 0 Å². The van der Waals surface area contributed by atoms with Crippen molar-refractivity contribution in [2.45, 2.75) is 0 Å². The van der Waals surface area contributed by atoms with Crippen LogP contribution in [0.5, 0.6) is 0 Å². The third-order valence-electron chi connectivity index (χ3n) is 15.2. The largest absolute Gasteiger partial charge is 0.192 e. The predicted molar refractivity (Wildman–Crippen MR) is 289 cm³/mol. The normalized spacial score (nSPS) is 12.4. The SMILES string of the molecule is N#Cc1ccc2c(c1)sc1c(-c3cc4c5cc6c(c(-c7cccc8c7sc7cc(C#N)ccc78)c5ccc4c4cc5c(cc34)-c3cccc4cccc-5c34)-c3cccc4cccc-6c34)cccc12. The van der Waals surface area contributed by atoms with Crippen molar-refractivity contribution in [1.29, 1.82) is 10.5 Å². The van der Waals surface area contributed by atoms with Crippen LogP contribution in [0, 0.1) is 22.7 Å². The average Bonchev–Trinajstić information content (AvgIpc) is 4.14. The zero-order valence-corrected chi connectivity index (χ0v) is 37.7. The van der Waals surface area contributed by atoms with Gasteiger partial charge in [-0.2, -0.15) is 10.5 Å². The zero-order chi connectivity index (χ0) is 44.5. The summed E-state index contributed by atoms with van der Waals surface area (Å²) in [5, 5.41) is 37.1. The number of fused-ring (bicyclic) bond motifs is 17. The van der Waals surface area contributed by atoms with Crippen LogP contribution < -0.4 is 0 Å². The smallest absolute Gasteiger partial charge is 0.0992 e. The molecule has 14 aromatic rings. The summed E-state index contributed by atoms with van der Waals surface area (Å²) in [6.45, 7) is 0. The van der Waals surface area contributed by atoms with Crippen molar-refractivity contribution >= 4 is 117 Å². The van der Waals surface area contributed by atoms with Crippen LogP contribution in [-0.4, -0.2) is 0 Å². The summed E-state index contributed by atoms with van der Waals surface area (Å²) in [7, 11) is 0. The van der Waals surface area contributed by atoms with Gasteiger partial charge in [0, 0.05) is 51.5 Å². The van der Waals surface area contributed by atoms with Crippen LogP contribution in [0.2, 0.25) is 0 Å². The molecule has 2 aliphatic rings. The van der Waals surface area contributed by atoms with Gasteiger partial charge in [0.1, 0.15) is 0 Å². The van der Waals surface area contributed by atoms with E-state index >= 15 is 0 Å². The minimum atomic E-state index is 0.678. The Kier molecular flexibility index (Phi) is 7.01. The standard InChI is InChI=1S/C64H30N2S2/c65-31-33-19-21-38-44-14-5-16-46(63(44)67-57(38)25-33)54-28-49-37(50-27-51-40-11-1-7-35-8-2-12-41(59(35)40)52(51)29-55(50)54)23-24-43-53(49)30-56-42-13-3-9-36-10-4-17-47(60(36)42)62(56)61(43)48-18-6-15-45-39-22-20-34(32-66)26-58(39)68-64(45)48/h1-30H. The van der Waals surface area contributed by atoms with Crippen molar-refractivity contribution < 1.29 is 0 Å². The first kappa shape index (κ1) is 36.6. The number of hydrogen-bond donors (Lipinski definition) is 0. The molecule has 0 unspecified atom stereocenters. The molecular formula is C64H30N2S2. The molecule has 12 aromatic carbocycles. The summed E-state index contributed by atoms with van der Waals surface area (Å²) in [5.41, 5.74) is 16.4. The molecule has 2 aliphatic carbocycles. The van der Waals surface area contributed by atoms with Crippen molar-refractivity contribution in [3.05, 3.63) is 193 Å². The van der Waals surface area contributed by atoms with Gasteiger partial charge in [-0.1, -0.05) is 133 Å². The van der Waals surface area contributed by atoms with E-state index in [4.69, 9.17) is 0 Å². The van der Waals surface area contributed by atoms with Gasteiger partial charge in [-0.3, -0.25) is 0 Å². The highest BCUT2D eigenvalue weighted by molar-refractivity contribution is 7.26. The summed E-state index contributed by atoms with van der Waals surface area (Å²) in [4.78, 5) is 0. The van der Waals surface area contributed by atoms with Crippen LogP contribution in [0.1, 0.15) is 11.1 Å².